The minimum Gasteiger partial charge on any atom is -0.495 e. The number of ether oxygens (including phenoxy) is 1. The van der Waals surface area contributed by atoms with Crippen LogP contribution in [0.3, 0.4) is 0 Å². The number of benzene rings is 2. The average molecular weight is 393 g/mol. The molecule has 0 atom stereocenters. The predicted octanol–water partition coefficient (Wildman–Crippen LogP) is 3.70. The number of methoxy groups -OCH3 is 1. The van der Waals surface area contributed by atoms with Gasteiger partial charge in [-0.15, -0.1) is 0 Å². The number of aromatic nitrogens is 1. The quantitative estimate of drug-likeness (QED) is 0.735. The second-order valence-corrected chi connectivity index (χ2v) is 7.93. The van der Waals surface area contributed by atoms with E-state index >= 15 is 0 Å². The molecule has 1 saturated heterocycles. The molecule has 0 bridgehead atoms. The molecule has 1 N–H and O–H groups in total. The molecule has 5 rings (SSSR count). The number of fused-ring (bicyclic) bond motifs is 1. The van der Waals surface area contributed by atoms with Crippen molar-refractivity contribution < 1.29 is 13.9 Å². The maximum Gasteiger partial charge on any atom is 0.233 e. The van der Waals surface area contributed by atoms with E-state index < -0.39 is 5.41 Å². The maximum atomic E-state index is 13.8. The normalized spacial score (nSPS) is 18.1. The molecule has 2 heterocycles. The van der Waals surface area contributed by atoms with Crippen LogP contribution in [0.2, 0.25) is 0 Å². The minimum atomic E-state index is -0.501. The van der Waals surface area contributed by atoms with Crippen molar-refractivity contribution in [3.8, 4) is 5.75 Å². The van der Waals surface area contributed by atoms with Crippen molar-refractivity contribution in [2.75, 3.05) is 38.2 Å². The zero-order valence-corrected chi connectivity index (χ0v) is 16.5. The van der Waals surface area contributed by atoms with Gasteiger partial charge in [0.15, 0.2) is 0 Å². The molecular formula is C23H24FN3O2. The smallest absolute Gasteiger partial charge is 0.233 e. The van der Waals surface area contributed by atoms with E-state index in [1.807, 2.05) is 29.3 Å². The molecule has 0 unspecified atom stereocenters. The predicted molar refractivity (Wildman–Crippen MR) is 111 cm³/mol. The first kappa shape index (κ1) is 18.0. The number of para-hydroxylation sites is 2. The Hall–Kier alpha value is -3.02. The van der Waals surface area contributed by atoms with Gasteiger partial charge in [0.05, 0.1) is 18.2 Å². The van der Waals surface area contributed by atoms with Crippen molar-refractivity contribution in [3.63, 3.8) is 0 Å². The van der Waals surface area contributed by atoms with Gasteiger partial charge in [-0.1, -0.05) is 12.1 Å². The molecule has 3 aromatic rings. The van der Waals surface area contributed by atoms with Crippen molar-refractivity contribution in [1.29, 1.82) is 0 Å². The van der Waals surface area contributed by atoms with Crippen LogP contribution < -0.4 is 9.64 Å². The summed E-state index contributed by atoms with van der Waals surface area (Å²) in [6.07, 6.45) is 3.53. The van der Waals surface area contributed by atoms with E-state index in [0.29, 0.717) is 13.1 Å². The number of nitrogens with zero attached hydrogens (tertiary/aromatic N) is 2. The summed E-state index contributed by atoms with van der Waals surface area (Å²) in [5, 5.41) is 0.823. The molecule has 5 nitrogen and oxygen atoms in total. The first-order valence-corrected chi connectivity index (χ1v) is 10.1. The number of halogens is 1. The fourth-order valence-corrected chi connectivity index (χ4v) is 4.56. The monoisotopic (exact) mass is 393 g/mol. The molecule has 1 saturated carbocycles. The lowest BCUT2D eigenvalue weighted by atomic mass is 9.93. The molecule has 2 fully saturated rings. The van der Waals surface area contributed by atoms with Crippen LogP contribution in [-0.4, -0.2) is 49.1 Å². The number of rotatable bonds is 4. The lowest BCUT2D eigenvalue weighted by Crippen LogP contribution is -2.51. The molecular weight excluding hydrogens is 369 g/mol. The number of amides is 1. The molecule has 1 aliphatic carbocycles. The Morgan fingerprint density at radius 1 is 1.10 bits per heavy atom. The highest BCUT2D eigenvalue weighted by atomic mass is 19.1. The van der Waals surface area contributed by atoms with Crippen LogP contribution in [0.25, 0.3) is 10.9 Å². The molecule has 0 spiro atoms. The third kappa shape index (κ3) is 2.94. The van der Waals surface area contributed by atoms with Crippen molar-refractivity contribution >= 4 is 22.5 Å². The molecule has 6 heteroatoms. The van der Waals surface area contributed by atoms with E-state index in [0.717, 1.165) is 53.8 Å². The number of carbonyl (C=O) groups is 1. The summed E-state index contributed by atoms with van der Waals surface area (Å²) in [7, 11) is 1.68. The van der Waals surface area contributed by atoms with E-state index in [1.165, 1.54) is 12.1 Å². The van der Waals surface area contributed by atoms with Gasteiger partial charge in [-0.3, -0.25) is 4.79 Å². The fraction of sp³-hybridized carbons (Fsp3) is 0.348. The third-order valence-corrected chi connectivity index (χ3v) is 6.31. The summed E-state index contributed by atoms with van der Waals surface area (Å²) in [4.78, 5) is 20.9. The SMILES string of the molecule is COc1ccccc1N1CCN(C(=O)C2(c3c[nH]c4ccc(F)cc34)CC2)CC1. The van der Waals surface area contributed by atoms with Crippen LogP contribution >= 0.6 is 0 Å². The van der Waals surface area contributed by atoms with Crippen molar-refractivity contribution in [2.45, 2.75) is 18.3 Å². The number of anilines is 1. The second kappa shape index (κ2) is 6.79. The Morgan fingerprint density at radius 2 is 1.86 bits per heavy atom. The molecule has 0 radical (unpaired) electrons. The van der Waals surface area contributed by atoms with E-state index in [1.54, 1.807) is 13.2 Å². The number of piperazine rings is 1. The van der Waals surface area contributed by atoms with Crippen LogP contribution in [0.4, 0.5) is 10.1 Å². The summed E-state index contributed by atoms with van der Waals surface area (Å²) in [5.74, 6) is 0.751. The van der Waals surface area contributed by atoms with E-state index in [2.05, 4.69) is 16.0 Å². The summed E-state index contributed by atoms with van der Waals surface area (Å²) < 4.78 is 19.3. The number of hydrogen-bond acceptors (Lipinski definition) is 3. The van der Waals surface area contributed by atoms with Crippen molar-refractivity contribution in [3.05, 3.63) is 60.0 Å². The van der Waals surface area contributed by atoms with Crippen LogP contribution in [0.1, 0.15) is 18.4 Å². The lowest BCUT2D eigenvalue weighted by molar-refractivity contribution is -0.134. The number of carbonyl (C=O) groups excluding carboxylic acids is 1. The standard InChI is InChI=1S/C23H24FN3O2/c1-29-21-5-3-2-4-20(21)26-10-12-27(13-11-26)22(28)23(8-9-23)18-15-25-19-7-6-16(24)14-17(18)19/h2-7,14-15,25H,8-13H2,1H3. The van der Waals surface area contributed by atoms with Crippen molar-refractivity contribution in [1.82, 2.24) is 9.88 Å². The lowest BCUT2D eigenvalue weighted by Gasteiger charge is -2.38. The fourth-order valence-electron chi connectivity index (χ4n) is 4.56. The number of aromatic amines is 1. The highest BCUT2D eigenvalue weighted by Crippen LogP contribution is 2.52. The summed E-state index contributed by atoms with van der Waals surface area (Å²) in [6, 6.07) is 12.7. The van der Waals surface area contributed by atoms with Gasteiger partial charge < -0.3 is 19.5 Å². The van der Waals surface area contributed by atoms with Gasteiger partial charge in [0, 0.05) is 43.3 Å². The van der Waals surface area contributed by atoms with Gasteiger partial charge in [-0.25, -0.2) is 4.39 Å². The highest BCUT2D eigenvalue weighted by Gasteiger charge is 2.54. The molecule has 1 aliphatic heterocycles. The Bertz CT molecular complexity index is 1060. The molecule has 150 valence electrons. The Labute approximate surface area is 169 Å². The van der Waals surface area contributed by atoms with Crippen LogP contribution in [0.15, 0.2) is 48.7 Å². The Balaban J connectivity index is 1.35. The zero-order chi connectivity index (χ0) is 20.0. The first-order chi connectivity index (χ1) is 14.1. The van der Waals surface area contributed by atoms with Crippen molar-refractivity contribution in [2.24, 2.45) is 0 Å². The van der Waals surface area contributed by atoms with Gasteiger partial charge in [0.25, 0.3) is 0 Å². The van der Waals surface area contributed by atoms with E-state index in [4.69, 9.17) is 4.74 Å². The van der Waals surface area contributed by atoms with E-state index in [9.17, 15) is 9.18 Å². The maximum absolute atomic E-state index is 13.8. The highest BCUT2D eigenvalue weighted by molar-refractivity contribution is 5.97. The van der Waals surface area contributed by atoms with E-state index in [-0.39, 0.29) is 11.7 Å². The summed E-state index contributed by atoms with van der Waals surface area (Å²) in [5.41, 5.74) is 2.37. The number of H-pyrrole nitrogens is 1. The third-order valence-electron chi connectivity index (χ3n) is 6.31. The molecule has 1 aromatic heterocycles. The van der Waals surface area contributed by atoms with Gasteiger partial charge in [-0.2, -0.15) is 0 Å². The van der Waals surface area contributed by atoms with Gasteiger partial charge in [-0.05, 0) is 48.7 Å². The average Bonchev–Trinajstić information content (AvgIpc) is 3.46. The van der Waals surface area contributed by atoms with Crippen LogP contribution in [0, 0.1) is 5.82 Å². The van der Waals surface area contributed by atoms with Crippen LogP contribution in [0.5, 0.6) is 5.75 Å². The first-order valence-electron chi connectivity index (χ1n) is 10.1. The van der Waals surface area contributed by atoms with Gasteiger partial charge >= 0.3 is 0 Å². The molecule has 29 heavy (non-hydrogen) atoms. The largest absolute Gasteiger partial charge is 0.495 e. The zero-order valence-electron chi connectivity index (χ0n) is 16.5. The Morgan fingerprint density at radius 3 is 2.59 bits per heavy atom. The summed E-state index contributed by atoms with van der Waals surface area (Å²) in [6.45, 7) is 2.89. The van der Waals surface area contributed by atoms with Gasteiger partial charge in [0.2, 0.25) is 5.91 Å². The number of hydrogen-bond donors (Lipinski definition) is 1. The molecule has 2 aromatic carbocycles. The van der Waals surface area contributed by atoms with Crippen LogP contribution in [-0.2, 0) is 10.2 Å². The molecule has 2 aliphatic rings. The summed E-state index contributed by atoms with van der Waals surface area (Å²) >= 11 is 0. The Kier molecular flexibility index (Phi) is 4.23. The minimum absolute atomic E-state index is 0.169. The topological polar surface area (TPSA) is 48.6 Å². The second-order valence-electron chi connectivity index (χ2n) is 7.93. The van der Waals surface area contributed by atoms with Gasteiger partial charge in [0.1, 0.15) is 11.6 Å². The molecule has 1 amide bonds. The number of nitrogens with one attached hydrogen (secondary N) is 1.